The van der Waals surface area contributed by atoms with E-state index >= 15 is 0 Å². The highest BCUT2D eigenvalue weighted by Crippen LogP contribution is 2.42. The first kappa shape index (κ1) is 25.2. The summed E-state index contributed by atoms with van der Waals surface area (Å²) < 4.78 is 0.950. The number of nitrogens with one attached hydrogen (secondary N) is 1. The third kappa shape index (κ3) is 7.07. The number of amides is 2. The zero-order valence-electron chi connectivity index (χ0n) is 19.6. The van der Waals surface area contributed by atoms with Crippen LogP contribution in [0.3, 0.4) is 0 Å². The van der Waals surface area contributed by atoms with Crippen LogP contribution in [0.1, 0.15) is 17.5 Å². The number of para-hydroxylation sites is 1. The molecule has 0 saturated heterocycles. The summed E-state index contributed by atoms with van der Waals surface area (Å²) in [7, 11) is 2.08. The molecule has 4 rings (SSSR count). The Kier molecular flexibility index (Phi) is 8.79. The fourth-order valence-electron chi connectivity index (χ4n) is 3.92. The number of fused-ring (bicyclic) bond motifs is 1. The van der Waals surface area contributed by atoms with Gasteiger partial charge in [0.2, 0.25) is 5.91 Å². The van der Waals surface area contributed by atoms with Gasteiger partial charge in [-0.05, 0) is 61.5 Å². The predicted molar refractivity (Wildman–Crippen MR) is 147 cm³/mol. The highest BCUT2D eigenvalue weighted by Gasteiger charge is 2.30. The van der Waals surface area contributed by atoms with Crippen LogP contribution in [0, 0.1) is 0 Å². The molecule has 0 saturated carbocycles. The van der Waals surface area contributed by atoms with Gasteiger partial charge in [-0.25, -0.2) is 0 Å². The van der Waals surface area contributed by atoms with Crippen molar-refractivity contribution >= 4 is 51.3 Å². The SMILES string of the molecule is CN(CCCNC(=O)CN1C(=O)/C(=C\c2cccc(Br)c2)Sc2ccccc21)Cc1ccccc1. The maximum atomic E-state index is 13.3. The molecule has 0 atom stereocenters. The Bertz CT molecular complexity index is 1220. The third-order valence-electron chi connectivity index (χ3n) is 5.61. The summed E-state index contributed by atoms with van der Waals surface area (Å²) in [5, 5.41) is 2.98. The number of benzene rings is 3. The van der Waals surface area contributed by atoms with Crippen molar-refractivity contribution in [2.45, 2.75) is 17.9 Å². The van der Waals surface area contributed by atoms with E-state index in [2.05, 4.69) is 45.3 Å². The summed E-state index contributed by atoms with van der Waals surface area (Å²) in [6, 6.07) is 25.8. The lowest BCUT2D eigenvalue weighted by Crippen LogP contribution is -2.43. The zero-order chi connectivity index (χ0) is 24.6. The van der Waals surface area contributed by atoms with E-state index in [9.17, 15) is 9.59 Å². The Morgan fingerprint density at radius 2 is 1.83 bits per heavy atom. The maximum Gasteiger partial charge on any atom is 0.265 e. The van der Waals surface area contributed by atoms with E-state index in [1.165, 1.54) is 17.3 Å². The van der Waals surface area contributed by atoms with E-state index in [-0.39, 0.29) is 18.4 Å². The number of rotatable bonds is 9. The van der Waals surface area contributed by atoms with Crippen LogP contribution in [0.2, 0.25) is 0 Å². The summed E-state index contributed by atoms with van der Waals surface area (Å²) in [6.07, 6.45) is 2.71. The van der Waals surface area contributed by atoms with E-state index in [1.54, 1.807) is 4.90 Å². The maximum absolute atomic E-state index is 13.3. The molecular weight excluding hydrogens is 522 g/mol. The van der Waals surface area contributed by atoms with E-state index in [0.29, 0.717) is 11.4 Å². The van der Waals surface area contributed by atoms with Gasteiger partial charge in [0.05, 0.1) is 10.6 Å². The number of hydrogen-bond donors (Lipinski definition) is 1. The normalized spacial score (nSPS) is 14.3. The van der Waals surface area contributed by atoms with Gasteiger partial charge in [-0.15, -0.1) is 0 Å². The van der Waals surface area contributed by atoms with Gasteiger partial charge in [-0.3, -0.25) is 14.5 Å². The molecule has 5 nitrogen and oxygen atoms in total. The van der Waals surface area contributed by atoms with Crippen molar-refractivity contribution in [3.63, 3.8) is 0 Å². The van der Waals surface area contributed by atoms with Crippen molar-refractivity contribution in [2.24, 2.45) is 0 Å². The van der Waals surface area contributed by atoms with Crippen molar-refractivity contribution in [2.75, 3.05) is 31.6 Å². The lowest BCUT2D eigenvalue weighted by molar-refractivity contribution is -0.122. The minimum atomic E-state index is -0.161. The minimum absolute atomic E-state index is 0.00785. The molecule has 0 radical (unpaired) electrons. The van der Waals surface area contributed by atoms with Gasteiger partial charge in [0.25, 0.3) is 5.91 Å². The molecule has 1 heterocycles. The summed E-state index contributed by atoms with van der Waals surface area (Å²) in [6.45, 7) is 2.30. The third-order valence-corrected chi connectivity index (χ3v) is 7.18. The second-order valence-corrected chi connectivity index (χ2v) is 10.5. The summed E-state index contributed by atoms with van der Waals surface area (Å²) in [4.78, 5) is 31.5. The lowest BCUT2D eigenvalue weighted by Gasteiger charge is -2.29. The average Bonchev–Trinajstić information content (AvgIpc) is 2.85. The Hall–Kier alpha value is -2.87. The first-order valence-electron chi connectivity index (χ1n) is 11.5. The molecule has 7 heteroatoms. The number of anilines is 1. The van der Waals surface area contributed by atoms with Crippen LogP contribution in [0.15, 0.2) is 93.1 Å². The van der Waals surface area contributed by atoms with Crippen LogP contribution in [0.5, 0.6) is 0 Å². The van der Waals surface area contributed by atoms with Gasteiger partial charge in [0, 0.05) is 22.5 Å². The first-order chi connectivity index (χ1) is 17.0. The number of hydrogen-bond acceptors (Lipinski definition) is 4. The molecule has 0 bridgehead atoms. The fraction of sp³-hybridized carbons (Fsp3) is 0.214. The predicted octanol–water partition coefficient (Wildman–Crippen LogP) is 5.57. The zero-order valence-corrected chi connectivity index (χ0v) is 22.0. The van der Waals surface area contributed by atoms with Crippen molar-refractivity contribution < 1.29 is 9.59 Å². The van der Waals surface area contributed by atoms with Gasteiger partial charge in [-0.2, -0.15) is 0 Å². The molecule has 0 unspecified atom stereocenters. The molecule has 0 aromatic heterocycles. The molecule has 3 aromatic carbocycles. The van der Waals surface area contributed by atoms with Crippen LogP contribution in [0.4, 0.5) is 5.69 Å². The van der Waals surface area contributed by atoms with E-state index in [1.807, 2.05) is 72.8 Å². The Morgan fingerprint density at radius 1 is 1.06 bits per heavy atom. The minimum Gasteiger partial charge on any atom is -0.355 e. The summed E-state index contributed by atoms with van der Waals surface area (Å²) in [5.74, 6) is -0.320. The van der Waals surface area contributed by atoms with Crippen LogP contribution in [-0.4, -0.2) is 43.4 Å². The van der Waals surface area contributed by atoms with E-state index in [4.69, 9.17) is 0 Å². The smallest absolute Gasteiger partial charge is 0.265 e. The Morgan fingerprint density at radius 3 is 2.63 bits per heavy atom. The lowest BCUT2D eigenvalue weighted by atomic mass is 10.2. The number of thioether (sulfide) groups is 1. The molecule has 0 fully saturated rings. The Labute approximate surface area is 219 Å². The van der Waals surface area contributed by atoms with Crippen molar-refractivity contribution in [3.05, 3.63) is 99.4 Å². The largest absolute Gasteiger partial charge is 0.355 e. The molecule has 3 aromatic rings. The topological polar surface area (TPSA) is 52.7 Å². The van der Waals surface area contributed by atoms with Crippen LogP contribution < -0.4 is 10.2 Å². The standard InChI is InChI=1S/C28H28BrN3O2S/c1-31(19-21-9-3-2-4-10-21)16-8-15-30-27(33)20-32-24-13-5-6-14-25(24)35-26(28(32)34)18-22-11-7-12-23(29)17-22/h2-7,9-14,17-18H,8,15-16,19-20H2,1H3,(H,30,33)/b26-18+. The van der Waals surface area contributed by atoms with E-state index < -0.39 is 0 Å². The van der Waals surface area contributed by atoms with Crippen LogP contribution in [0.25, 0.3) is 6.08 Å². The van der Waals surface area contributed by atoms with Crippen molar-refractivity contribution in [1.29, 1.82) is 0 Å². The highest BCUT2D eigenvalue weighted by molar-refractivity contribution is 9.10. The molecular formula is C28H28BrN3O2S. The quantitative estimate of drug-likeness (QED) is 0.280. The number of halogens is 1. The van der Waals surface area contributed by atoms with E-state index in [0.717, 1.165) is 40.1 Å². The average molecular weight is 551 g/mol. The van der Waals surface area contributed by atoms with Crippen LogP contribution >= 0.6 is 27.7 Å². The van der Waals surface area contributed by atoms with Gasteiger partial charge in [-0.1, -0.05) is 82.3 Å². The molecule has 1 N–H and O–H groups in total. The molecule has 1 aliphatic rings. The van der Waals surface area contributed by atoms with Gasteiger partial charge < -0.3 is 10.2 Å². The summed E-state index contributed by atoms with van der Waals surface area (Å²) >= 11 is 4.92. The van der Waals surface area contributed by atoms with Gasteiger partial charge in [0.1, 0.15) is 6.54 Å². The highest BCUT2D eigenvalue weighted by atomic mass is 79.9. The molecule has 35 heavy (non-hydrogen) atoms. The van der Waals surface area contributed by atoms with Crippen molar-refractivity contribution in [3.8, 4) is 0 Å². The Balaban J connectivity index is 1.35. The van der Waals surface area contributed by atoms with Crippen molar-refractivity contribution in [1.82, 2.24) is 10.2 Å². The molecule has 2 amide bonds. The number of carbonyl (C=O) groups excluding carboxylic acids is 2. The first-order valence-corrected chi connectivity index (χ1v) is 13.2. The monoisotopic (exact) mass is 549 g/mol. The van der Waals surface area contributed by atoms with Gasteiger partial charge >= 0.3 is 0 Å². The number of carbonyl (C=O) groups is 2. The molecule has 0 aliphatic carbocycles. The summed E-state index contributed by atoms with van der Waals surface area (Å²) in [5.41, 5.74) is 2.97. The fourth-order valence-corrected chi connectivity index (χ4v) is 5.39. The second-order valence-electron chi connectivity index (χ2n) is 8.45. The molecule has 0 spiro atoms. The van der Waals surface area contributed by atoms with Gasteiger partial charge in [0.15, 0.2) is 0 Å². The molecule has 1 aliphatic heterocycles. The number of nitrogens with zero attached hydrogens (tertiary/aromatic N) is 2. The van der Waals surface area contributed by atoms with Crippen LogP contribution in [-0.2, 0) is 16.1 Å². The molecule has 180 valence electrons. The second kappa shape index (κ2) is 12.2.